The zero-order valence-electron chi connectivity index (χ0n) is 7.90. The highest BCUT2D eigenvalue weighted by Crippen LogP contribution is 2.35. The molecule has 0 bridgehead atoms. The molecule has 0 radical (unpaired) electrons. The van der Waals surface area contributed by atoms with Gasteiger partial charge in [0.25, 0.3) is 10.2 Å². The van der Waals surface area contributed by atoms with E-state index >= 15 is 0 Å². The van der Waals surface area contributed by atoms with Crippen molar-refractivity contribution < 1.29 is 8.42 Å². The number of nitrogens with one attached hydrogen (secondary N) is 1. The molecule has 0 atom stereocenters. The molecule has 2 fully saturated rings. The zero-order valence-corrected chi connectivity index (χ0v) is 9.53. The van der Waals surface area contributed by atoms with E-state index in [-0.39, 0.29) is 12.4 Å². The van der Waals surface area contributed by atoms with Gasteiger partial charge in [0.05, 0.1) is 0 Å². The molecule has 0 aliphatic carbocycles. The van der Waals surface area contributed by atoms with Gasteiger partial charge in [-0.1, -0.05) is 0 Å². The Morgan fingerprint density at radius 3 is 2.00 bits per heavy atom. The van der Waals surface area contributed by atoms with E-state index in [9.17, 15) is 8.42 Å². The summed E-state index contributed by atoms with van der Waals surface area (Å²) in [6.45, 7) is 3.23. The van der Waals surface area contributed by atoms with E-state index in [0.717, 1.165) is 25.9 Å². The summed E-state index contributed by atoms with van der Waals surface area (Å²) in [7, 11) is -3.45. The molecule has 2 heterocycles. The van der Waals surface area contributed by atoms with Gasteiger partial charge in [-0.2, -0.15) is 12.7 Å². The predicted octanol–water partition coefficient (Wildman–Crippen LogP) is -0.703. The first-order chi connectivity index (χ1) is 6.02. The van der Waals surface area contributed by atoms with Crippen molar-refractivity contribution in [1.29, 1.82) is 0 Å². The fourth-order valence-corrected chi connectivity index (χ4v) is 2.74. The van der Waals surface area contributed by atoms with Gasteiger partial charge in [-0.15, -0.1) is 12.4 Å². The zero-order chi connectivity index (χ0) is 9.53. The smallest absolute Gasteiger partial charge is 0.276 e. The molecule has 5 nitrogen and oxygen atoms in total. The molecule has 2 aliphatic rings. The molecule has 3 N–H and O–H groups in total. The number of piperidine rings is 1. The Bertz CT molecular complexity index is 292. The molecule has 0 aromatic carbocycles. The van der Waals surface area contributed by atoms with Crippen molar-refractivity contribution in [2.24, 2.45) is 10.6 Å². The lowest BCUT2D eigenvalue weighted by Crippen LogP contribution is -2.59. The number of rotatable bonds is 1. The molecule has 0 saturated carbocycles. The molecule has 0 aromatic rings. The van der Waals surface area contributed by atoms with Gasteiger partial charge in [0.15, 0.2) is 0 Å². The Balaban J connectivity index is 0.000000980. The van der Waals surface area contributed by atoms with Crippen LogP contribution in [0.1, 0.15) is 12.8 Å². The lowest BCUT2D eigenvalue weighted by atomic mass is 9.74. The third-order valence-corrected chi connectivity index (χ3v) is 4.23. The Morgan fingerprint density at radius 1 is 1.21 bits per heavy atom. The van der Waals surface area contributed by atoms with Crippen LogP contribution in [0, 0.1) is 5.41 Å². The molecule has 0 amide bonds. The standard InChI is InChI=1S/C7H15N3O2S.ClH/c8-13(11,12)10-3-1-7(2-4-10)5-9-6-7;/h9H,1-6H2,(H2,8,11,12);1H. The average Bonchev–Trinajstić information content (AvgIpc) is 2.00. The van der Waals surface area contributed by atoms with Gasteiger partial charge in [-0.3, -0.25) is 0 Å². The second-order valence-corrected chi connectivity index (χ2v) is 5.59. The maximum absolute atomic E-state index is 11.0. The average molecular weight is 242 g/mol. The van der Waals surface area contributed by atoms with Crippen LogP contribution in [-0.4, -0.2) is 38.9 Å². The SMILES string of the molecule is Cl.NS(=O)(=O)N1CCC2(CC1)CNC2. The molecule has 0 aromatic heterocycles. The lowest BCUT2D eigenvalue weighted by molar-refractivity contribution is 0.0871. The molecular formula is C7H16ClN3O2S. The second kappa shape index (κ2) is 3.94. The van der Waals surface area contributed by atoms with Crippen LogP contribution in [0.3, 0.4) is 0 Å². The minimum Gasteiger partial charge on any atom is -0.316 e. The van der Waals surface area contributed by atoms with E-state index in [1.165, 1.54) is 4.31 Å². The summed E-state index contributed by atoms with van der Waals surface area (Å²) in [6, 6.07) is 0. The Hall–Kier alpha value is 0.120. The van der Waals surface area contributed by atoms with Crippen molar-refractivity contribution in [3.63, 3.8) is 0 Å². The van der Waals surface area contributed by atoms with Crippen LogP contribution in [0.4, 0.5) is 0 Å². The van der Waals surface area contributed by atoms with Crippen LogP contribution in [0.15, 0.2) is 0 Å². The van der Waals surface area contributed by atoms with Gasteiger partial charge in [-0.05, 0) is 18.3 Å². The fraction of sp³-hybridized carbons (Fsp3) is 1.00. The molecule has 2 saturated heterocycles. The molecule has 84 valence electrons. The molecule has 14 heavy (non-hydrogen) atoms. The molecule has 0 unspecified atom stereocenters. The van der Waals surface area contributed by atoms with E-state index in [0.29, 0.717) is 18.5 Å². The van der Waals surface area contributed by atoms with E-state index in [1.807, 2.05) is 0 Å². The minimum absolute atomic E-state index is 0. The van der Waals surface area contributed by atoms with Crippen LogP contribution in [0.25, 0.3) is 0 Å². The highest BCUT2D eigenvalue weighted by atomic mass is 35.5. The summed E-state index contributed by atoms with van der Waals surface area (Å²) in [6.07, 6.45) is 1.88. The number of nitrogens with zero attached hydrogens (tertiary/aromatic N) is 1. The van der Waals surface area contributed by atoms with Gasteiger partial charge < -0.3 is 5.32 Å². The first-order valence-electron chi connectivity index (χ1n) is 4.51. The van der Waals surface area contributed by atoms with Crippen LogP contribution < -0.4 is 10.5 Å². The normalized spacial score (nSPS) is 26.6. The van der Waals surface area contributed by atoms with Gasteiger partial charge in [0, 0.05) is 26.2 Å². The second-order valence-electron chi connectivity index (χ2n) is 4.05. The highest BCUT2D eigenvalue weighted by molar-refractivity contribution is 7.86. The monoisotopic (exact) mass is 241 g/mol. The molecule has 1 spiro atoms. The van der Waals surface area contributed by atoms with Crippen molar-refractivity contribution in [2.75, 3.05) is 26.2 Å². The van der Waals surface area contributed by atoms with Gasteiger partial charge in [0.2, 0.25) is 0 Å². The predicted molar refractivity (Wildman–Crippen MR) is 56.5 cm³/mol. The van der Waals surface area contributed by atoms with Crippen molar-refractivity contribution in [3.05, 3.63) is 0 Å². The lowest BCUT2D eigenvalue weighted by Gasteiger charge is -2.47. The maximum atomic E-state index is 11.0. The van der Waals surface area contributed by atoms with Gasteiger partial charge in [0.1, 0.15) is 0 Å². The summed E-state index contributed by atoms with van der Waals surface area (Å²) >= 11 is 0. The van der Waals surface area contributed by atoms with Gasteiger partial charge in [-0.25, -0.2) is 5.14 Å². The third kappa shape index (κ3) is 2.20. The van der Waals surface area contributed by atoms with Crippen LogP contribution in [0.5, 0.6) is 0 Å². The number of hydrogen-bond donors (Lipinski definition) is 2. The number of hydrogen-bond acceptors (Lipinski definition) is 3. The first-order valence-corrected chi connectivity index (χ1v) is 6.01. The van der Waals surface area contributed by atoms with E-state index in [1.54, 1.807) is 0 Å². The summed E-state index contributed by atoms with van der Waals surface area (Å²) < 4.78 is 23.4. The van der Waals surface area contributed by atoms with Crippen molar-refractivity contribution in [2.45, 2.75) is 12.8 Å². The van der Waals surface area contributed by atoms with Crippen LogP contribution in [0.2, 0.25) is 0 Å². The van der Waals surface area contributed by atoms with Crippen molar-refractivity contribution in [1.82, 2.24) is 9.62 Å². The molecular weight excluding hydrogens is 226 g/mol. The largest absolute Gasteiger partial charge is 0.316 e. The molecule has 7 heteroatoms. The molecule has 2 aliphatic heterocycles. The van der Waals surface area contributed by atoms with Crippen molar-refractivity contribution >= 4 is 22.6 Å². The van der Waals surface area contributed by atoms with Gasteiger partial charge >= 0.3 is 0 Å². The van der Waals surface area contributed by atoms with Crippen molar-refractivity contribution in [3.8, 4) is 0 Å². The minimum atomic E-state index is -3.45. The summed E-state index contributed by atoms with van der Waals surface area (Å²) in [5, 5.41) is 8.27. The highest BCUT2D eigenvalue weighted by Gasteiger charge is 2.41. The van der Waals surface area contributed by atoms with E-state index in [2.05, 4.69) is 5.32 Å². The molecule has 2 rings (SSSR count). The Morgan fingerprint density at radius 2 is 1.71 bits per heavy atom. The Kier molecular flexibility index (Phi) is 3.43. The quantitative estimate of drug-likeness (QED) is 0.637. The van der Waals surface area contributed by atoms with Crippen LogP contribution >= 0.6 is 12.4 Å². The number of nitrogens with two attached hydrogens (primary N) is 1. The summed E-state index contributed by atoms with van der Waals surface area (Å²) in [4.78, 5) is 0. The maximum Gasteiger partial charge on any atom is 0.276 e. The van der Waals surface area contributed by atoms with E-state index in [4.69, 9.17) is 5.14 Å². The Labute approximate surface area is 90.6 Å². The first kappa shape index (κ1) is 12.2. The third-order valence-electron chi connectivity index (χ3n) is 3.14. The summed E-state index contributed by atoms with van der Waals surface area (Å²) in [5.41, 5.74) is 0.376. The number of halogens is 1. The topological polar surface area (TPSA) is 75.4 Å². The van der Waals surface area contributed by atoms with E-state index < -0.39 is 10.2 Å². The fourth-order valence-electron chi connectivity index (χ4n) is 2.05. The van der Waals surface area contributed by atoms with Crippen LogP contribution in [-0.2, 0) is 10.2 Å². The summed E-state index contributed by atoms with van der Waals surface area (Å²) in [5.74, 6) is 0.